The average Bonchev–Trinajstić information content (AvgIpc) is 2.29. The first-order valence-electron chi connectivity index (χ1n) is 6.42. The lowest BCUT2D eigenvalue weighted by Gasteiger charge is -2.41. The first-order chi connectivity index (χ1) is 7.65. The van der Waals surface area contributed by atoms with Gasteiger partial charge in [0.2, 0.25) is 0 Å². The lowest BCUT2D eigenvalue weighted by molar-refractivity contribution is -0.0938. The van der Waals surface area contributed by atoms with Gasteiger partial charge in [0.25, 0.3) is 0 Å². The van der Waals surface area contributed by atoms with E-state index >= 15 is 0 Å². The molecule has 0 radical (unpaired) electrons. The van der Waals surface area contributed by atoms with Crippen molar-refractivity contribution in [3.8, 4) is 6.07 Å². The Hall–Kier alpha value is -0.590. The minimum Gasteiger partial charge on any atom is -0.375 e. The number of rotatable bonds is 5. The zero-order valence-corrected chi connectivity index (χ0v) is 10.8. The van der Waals surface area contributed by atoms with Crippen molar-refractivity contribution in [1.29, 1.82) is 5.26 Å². The van der Waals surface area contributed by atoms with Crippen LogP contribution in [0, 0.1) is 11.3 Å². The molecule has 2 unspecified atom stereocenters. The van der Waals surface area contributed by atoms with Gasteiger partial charge in [-0.2, -0.15) is 5.26 Å². The molecule has 0 aromatic carbocycles. The number of ether oxygens (including phenoxy) is 1. The highest BCUT2D eigenvalue weighted by Crippen LogP contribution is 2.31. The van der Waals surface area contributed by atoms with Crippen molar-refractivity contribution in [1.82, 2.24) is 5.32 Å². The van der Waals surface area contributed by atoms with Crippen molar-refractivity contribution in [3.05, 3.63) is 0 Å². The first kappa shape index (κ1) is 13.5. The van der Waals surface area contributed by atoms with Crippen LogP contribution in [0.15, 0.2) is 0 Å². The summed E-state index contributed by atoms with van der Waals surface area (Å²) in [6, 6.07) is 3.01. The van der Waals surface area contributed by atoms with E-state index < -0.39 is 0 Å². The zero-order chi connectivity index (χ0) is 12.0. The highest BCUT2D eigenvalue weighted by atomic mass is 16.5. The monoisotopic (exact) mass is 224 g/mol. The fraction of sp³-hybridized carbons (Fsp3) is 0.923. The van der Waals surface area contributed by atoms with Gasteiger partial charge in [-0.05, 0) is 32.6 Å². The predicted octanol–water partition coefficient (Wildman–Crippen LogP) is 2.62. The Balaban J connectivity index is 2.47. The van der Waals surface area contributed by atoms with Crippen molar-refractivity contribution < 1.29 is 4.74 Å². The second-order valence-corrected chi connectivity index (χ2v) is 4.86. The van der Waals surface area contributed by atoms with Gasteiger partial charge in [-0.3, -0.25) is 0 Å². The van der Waals surface area contributed by atoms with Crippen molar-refractivity contribution >= 4 is 0 Å². The normalized spacial score (nSPS) is 26.0. The number of nitrogens with zero attached hydrogens (tertiary/aromatic N) is 1. The van der Waals surface area contributed by atoms with E-state index in [1.54, 1.807) is 0 Å². The number of hydrogen-bond acceptors (Lipinski definition) is 3. The maximum Gasteiger partial charge on any atom is 0.0692 e. The molecular formula is C13H24N2O. The summed E-state index contributed by atoms with van der Waals surface area (Å²) < 4.78 is 5.93. The molecular weight excluding hydrogens is 200 g/mol. The molecule has 0 aromatic rings. The smallest absolute Gasteiger partial charge is 0.0692 e. The molecule has 3 nitrogen and oxygen atoms in total. The molecule has 16 heavy (non-hydrogen) atoms. The first-order valence-corrected chi connectivity index (χ1v) is 6.42. The van der Waals surface area contributed by atoms with E-state index in [1.165, 1.54) is 0 Å². The summed E-state index contributed by atoms with van der Waals surface area (Å²) in [5, 5.41) is 12.2. The van der Waals surface area contributed by atoms with Crippen LogP contribution in [-0.4, -0.2) is 24.3 Å². The summed E-state index contributed by atoms with van der Waals surface area (Å²) in [7, 11) is 0. The largest absolute Gasteiger partial charge is 0.375 e. The van der Waals surface area contributed by atoms with Crippen LogP contribution in [0.3, 0.4) is 0 Å². The second kappa shape index (κ2) is 6.22. The summed E-state index contributed by atoms with van der Waals surface area (Å²) in [5.41, 5.74) is 0.0717. The standard InChI is InChI=1S/C13H24N2O/c1-4-13(5-2)10-12(7-9-16-13)15-11(3)6-8-14/h11-12,15H,4-7,9-10H2,1-3H3. The van der Waals surface area contributed by atoms with Crippen LogP contribution in [0.25, 0.3) is 0 Å². The molecule has 0 saturated carbocycles. The molecule has 0 amide bonds. The number of hydrogen-bond donors (Lipinski definition) is 1. The van der Waals surface area contributed by atoms with Gasteiger partial charge in [0.1, 0.15) is 0 Å². The van der Waals surface area contributed by atoms with Gasteiger partial charge in [0.15, 0.2) is 0 Å². The summed E-state index contributed by atoms with van der Waals surface area (Å²) in [4.78, 5) is 0. The predicted molar refractivity (Wildman–Crippen MR) is 65.1 cm³/mol. The topological polar surface area (TPSA) is 45.0 Å². The van der Waals surface area contributed by atoms with Crippen molar-refractivity contribution in [3.63, 3.8) is 0 Å². The van der Waals surface area contributed by atoms with Crippen molar-refractivity contribution in [2.24, 2.45) is 0 Å². The van der Waals surface area contributed by atoms with E-state index in [4.69, 9.17) is 10.00 Å². The maximum absolute atomic E-state index is 8.65. The van der Waals surface area contributed by atoms with E-state index in [1.807, 2.05) is 0 Å². The van der Waals surface area contributed by atoms with Crippen LogP contribution in [-0.2, 0) is 4.74 Å². The van der Waals surface area contributed by atoms with E-state index in [-0.39, 0.29) is 5.60 Å². The summed E-state index contributed by atoms with van der Waals surface area (Å²) in [5.74, 6) is 0. The molecule has 1 heterocycles. The summed E-state index contributed by atoms with van der Waals surface area (Å²) >= 11 is 0. The van der Waals surface area contributed by atoms with Crippen LogP contribution < -0.4 is 5.32 Å². The highest BCUT2D eigenvalue weighted by molar-refractivity contribution is 4.90. The second-order valence-electron chi connectivity index (χ2n) is 4.86. The van der Waals surface area contributed by atoms with Gasteiger partial charge >= 0.3 is 0 Å². The molecule has 1 N–H and O–H groups in total. The lowest BCUT2D eigenvalue weighted by Crippen LogP contribution is -2.48. The van der Waals surface area contributed by atoms with E-state index in [0.717, 1.165) is 32.3 Å². The molecule has 1 saturated heterocycles. The SMILES string of the molecule is CCC1(CC)CC(NC(C)CC#N)CCO1. The highest BCUT2D eigenvalue weighted by Gasteiger charge is 2.34. The molecule has 3 heteroatoms. The van der Waals surface area contributed by atoms with Crippen LogP contribution in [0.1, 0.15) is 52.9 Å². The van der Waals surface area contributed by atoms with Crippen molar-refractivity contribution in [2.75, 3.05) is 6.61 Å². The molecule has 0 aliphatic carbocycles. The summed E-state index contributed by atoms with van der Waals surface area (Å²) in [6.07, 6.45) is 4.89. The van der Waals surface area contributed by atoms with E-state index in [2.05, 4.69) is 32.2 Å². The summed E-state index contributed by atoms with van der Waals surface area (Å²) in [6.45, 7) is 7.33. The van der Waals surface area contributed by atoms with Gasteiger partial charge in [-0.25, -0.2) is 0 Å². The van der Waals surface area contributed by atoms with Gasteiger partial charge in [0, 0.05) is 18.7 Å². The minimum atomic E-state index is 0.0717. The molecule has 0 aromatic heterocycles. The number of nitriles is 1. The Kier molecular flexibility index (Phi) is 5.24. The van der Waals surface area contributed by atoms with Gasteiger partial charge < -0.3 is 10.1 Å². The molecule has 92 valence electrons. The Morgan fingerprint density at radius 1 is 1.50 bits per heavy atom. The minimum absolute atomic E-state index is 0.0717. The molecule has 1 aliphatic rings. The Morgan fingerprint density at radius 2 is 2.19 bits per heavy atom. The van der Waals surface area contributed by atoms with Gasteiger partial charge in [-0.15, -0.1) is 0 Å². The number of nitrogens with one attached hydrogen (secondary N) is 1. The Labute approximate surface area is 99.2 Å². The third-order valence-electron chi connectivity index (χ3n) is 3.70. The fourth-order valence-corrected chi connectivity index (χ4v) is 2.51. The average molecular weight is 224 g/mol. The fourth-order valence-electron chi connectivity index (χ4n) is 2.51. The van der Waals surface area contributed by atoms with Gasteiger partial charge in [0.05, 0.1) is 18.1 Å². The van der Waals surface area contributed by atoms with Crippen LogP contribution in [0.2, 0.25) is 0 Å². The van der Waals surface area contributed by atoms with Gasteiger partial charge in [-0.1, -0.05) is 13.8 Å². The Bertz CT molecular complexity index is 243. The van der Waals surface area contributed by atoms with Crippen LogP contribution in [0.4, 0.5) is 0 Å². The van der Waals surface area contributed by atoms with Crippen LogP contribution in [0.5, 0.6) is 0 Å². The third-order valence-corrected chi connectivity index (χ3v) is 3.70. The van der Waals surface area contributed by atoms with E-state index in [9.17, 15) is 0 Å². The van der Waals surface area contributed by atoms with Crippen LogP contribution >= 0.6 is 0 Å². The maximum atomic E-state index is 8.65. The quantitative estimate of drug-likeness (QED) is 0.780. The van der Waals surface area contributed by atoms with E-state index in [0.29, 0.717) is 18.5 Å². The third kappa shape index (κ3) is 3.47. The Morgan fingerprint density at radius 3 is 2.75 bits per heavy atom. The zero-order valence-electron chi connectivity index (χ0n) is 10.8. The molecule has 1 fully saturated rings. The molecule has 0 bridgehead atoms. The molecule has 1 aliphatic heterocycles. The molecule has 1 rings (SSSR count). The molecule has 2 atom stereocenters. The molecule has 0 spiro atoms. The lowest BCUT2D eigenvalue weighted by atomic mass is 9.85. The van der Waals surface area contributed by atoms with Crippen molar-refractivity contribution in [2.45, 2.75) is 70.6 Å².